The molecule has 0 aliphatic rings. The zero-order valence-electron chi connectivity index (χ0n) is 6.28. The lowest BCUT2D eigenvalue weighted by atomic mass is 10.1. The maximum atomic E-state index is 9.21. The van der Waals surface area contributed by atoms with E-state index in [1.54, 1.807) is 19.1 Å². The monoisotopic (exact) mass is 150 g/mol. The molecule has 0 unspecified atom stereocenters. The molecule has 0 aliphatic carbocycles. The number of phenolic OH excluding ortho intramolecular Hbond substituents is 1. The third-order valence-corrected chi connectivity index (χ3v) is 1.60. The van der Waals surface area contributed by atoms with Crippen molar-refractivity contribution in [1.29, 1.82) is 0 Å². The van der Waals surface area contributed by atoms with Crippen molar-refractivity contribution >= 4 is 6.08 Å². The zero-order chi connectivity index (χ0) is 8.27. The van der Waals surface area contributed by atoms with Crippen LogP contribution in [0, 0.1) is 6.92 Å². The van der Waals surface area contributed by atoms with E-state index < -0.39 is 0 Å². The summed E-state index contributed by atoms with van der Waals surface area (Å²) in [4.78, 5) is 0. The molecule has 2 nitrogen and oxygen atoms in total. The molecule has 0 radical (unpaired) electrons. The van der Waals surface area contributed by atoms with Crippen molar-refractivity contribution in [3.8, 4) is 5.75 Å². The molecule has 0 atom stereocenters. The molecule has 2 heteroatoms. The molecule has 0 heterocycles. The predicted octanol–water partition coefficient (Wildman–Crippen LogP) is 2.23. The molecule has 0 spiro atoms. The van der Waals surface area contributed by atoms with Gasteiger partial charge in [-0.25, -0.2) is 0 Å². The van der Waals surface area contributed by atoms with E-state index in [1.807, 2.05) is 6.07 Å². The van der Waals surface area contributed by atoms with Gasteiger partial charge < -0.3 is 10.2 Å². The summed E-state index contributed by atoms with van der Waals surface area (Å²) >= 11 is 0. The Kier molecular flexibility index (Phi) is 2.16. The fraction of sp³-hybridized carbons (Fsp3) is 0.111. The average molecular weight is 150 g/mol. The van der Waals surface area contributed by atoms with Gasteiger partial charge in [0, 0.05) is 0 Å². The molecular weight excluding hydrogens is 140 g/mol. The van der Waals surface area contributed by atoms with Gasteiger partial charge in [-0.15, -0.1) is 0 Å². The second-order valence-electron chi connectivity index (χ2n) is 2.31. The van der Waals surface area contributed by atoms with Gasteiger partial charge >= 0.3 is 0 Å². The Balaban J connectivity index is 3.16. The van der Waals surface area contributed by atoms with Gasteiger partial charge in [-0.1, -0.05) is 12.1 Å². The Bertz CT molecular complexity index is 277. The van der Waals surface area contributed by atoms with Crippen LogP contribution in [0.25, 0.3) is 6.08 Å². The van der Waals surface area contributed by atoms with E-state index in [9.17, 15) is 5.11 Å². The van der Waals surface area contributed by atoms with Crippen LogP contribution >= 0.6 is 0 Å². The molecule has 0 aromatic heterocycles. The minimum Gasteiger partial charge on any atom is -0.516 e. The highest BCUT2D eigenvalue weighted by molar-refractivity contribution is 5.56. The fourth-order valence-electron chi connectivity index (χ4n) is 0.902. The lowest BCUT2D eigenvalue weighted by Crippen LogP contribution is -1.79. The van der Waals surface area contributed by atoms with Crippen LogP contribution in [-0.4, -0.2) is 10.2 Å². The summed E-state index contributed by atoms with van der Waals surface area (Å²) < 4.78 is 0. The molecule has 0 fully saturated rings. The quantitative estimate of drug-likeness (QED) is 0.602. The molecule has 0 saturated carbocycles. The first-order valence-corrected chi connectivity index (χ1v) is 3.35. The van der Waals surface area contributed by atoms with Crippen molar-refractivity contribution in [2.45, 2.75) is 6.92 Å². The SMILES string of the molecule is Cc1c(O)cccc1C=CO. The predicted molar refractivity (Wildman–Crippen MR) is 44.5 cm³/mol. The van der Waals surface area contributed by atoms with Crippen LogP contribution in [0.1, 0.15) is 11.1 Å². The molecule has 0 bridgehead atoms. The van der Waals surface area contributed by atoms with Gasteiger partial charge in [-0.3, -0.25) is 0 Å². The largest absolute Gasteiger partial charge is 0.516 e. The van der Waals surface area contributed by atoms with E-state index in [4.69, 9.17) is 5.11 Å². The number of aliphatic hydroxyl groups is 1. The first-order valence-electron chi connectivity index (χ1n) is 3.35. The van der Waals surface area contributed by atoms with Gasteiger partial charge in [0.2, 0.25) is 0 Å². The number of aromatic hydroxyl groups is 1. The van der Waals surface area contributed by atoms with E-state index in [0.717, 1.165) is 17.4 Å². The second kappa shape index (κ2) is 3.10. The maximum absolute atomic E-state index is 9.21. The molecule has 58 valence electrons. The van der Waals surface area contributed by atoms with E-state index in [-0.39, 0.29) is 5.75 Å². The Morgan fingerprint density at radius 2 is 2.09 bits per heavy atom. The van der Waals surface area contributed by atoms with Crippen LogP contribution in [0.3, 0.4) is 0 Å². The maximum Gasteiger partial charge on any atom is 0.119 e. The summed E-state index contributed by atoms with van der Waals surface area (Å²) in [7, 11) is 0. The highest BCUT2D eigenvalue weighted by atomic mass is 16.3. The smallest absolute Gasteiger partial charge is 0.119 e. The number of phenols is 1. The van der Waals surface area contributed by atoms with Gasteiger partial charge in [-0.05, 0) is 30.2 Å². The zero-order valence-corrected chi connectivity index (χ0v) is 6.28. The number of hydrogen-bond acceptors (Lipinski definition) is 2. The topological polar surface area (TPSA) is 40.5 Å². The molecule has 11 heavy (non-hydrogen) atoms. The molecule has 0 saturated heterocycles. The first-order chi connectivity index (χ1) is 5.25. The standard InChI is InChI=1S/C9H10O2/c1-7-8(5-6-10)3-2-4-9(7)11/h2-6,10-11H,1H3. The third-order valence-electron chi connectivity index (χ3n) is 1.60. The summed E-state index contributed by atoms with van der Waals surface area (Å²) in [5.41, 5.74) is 1.60. The highest BCUT2D eigenvalue weighted by Crippen LogP contribution is 2.19. The van der Waals surface area contributed by atoms with Crippen LogP contribution in [0.5, 0.6) is 5.75 Å². The number of aliphatic hydroxyl groups excluding tert-OH is 1. The molecular formula is C9H10O2. The second-order valence-corrected chi connectivity index (χ2v) is 2.31. The highest BCUT2D eigenvalue weighted by Gasteiger charge is 1.97. The van der Waals surface area contributed by atoms with E-state index >= 15 is 0 Å². The van der Waals surface area contributed by atoms with Crippen LogP contribution in [0.2, 0.25) is 0 Å². The number of rotatable bonds is 1. The van der Waals surface area contributed by atoms with Crippen molar-refractivity contribution in [1.82, 2.24) is 0 Å². The van der Waals surface area contributed by atoms with E-state index in [2.05, 4.69) is 0 Å². The van der Waals surface area contributed by atoms with Crippen molar-refractivity contribution < 1.29 is 10.2 Å². The minimum atomic E-state index is 0.251. The molecule has 1 aromatic rings. The Morgan fingerprint density at radius 1 is 1.36 bits per heavy atom. The summed E-state index contributed by atoms with van der Waals surface area (Å²) in [6.45, 7) is 1.80. The van der Waals surface area contributed by atoms with Crippen LogP contribution < -0.4 is 0 Å². The van der Waals surface area contributed by atoms with Crippen LogP contribution in [-0.2, 0) is 0 Å². The average Bonchev–Trinajstić information content (AvgIpc) is 1.99. The van der Waals surface area contributed by atoms with Gasteiger partial charge in [0.15, 0.2) is 0 Å². The van der Waals surface area contributed by atoms with Gasteiger partial charge in [0.1, 0.15) is 5.75 Å². The molecule has 1 aromatic carbocycles. The summed E-state index contributed by atoms with van der Waals surface area (Å²) in [6, 6.07) is 5.17. The first kappa shape index (κ1) is 7.66. The normalized spacial score (nSPS) is 10.6. The summed E-state index contributed by atoms with van der Waals surface area (Å²) in [6.07, 6.45) is 2.50. The molecule has 1 rings (SSSR count). The molecule has 0 aliphatic heterocycles. The third kappa shape index (κ3) is 1.52. The van der Waals surface area contributed by atoms with Gasteiger partial charge in [-0.2, -0.15) is 0 Å². The summed E-state index contributed by atoms with van der Waals surface area (Å²) in [5, 5.41) is 17.7. The number of benzene rings is 1. The van der Waals surface area contributed by atoms with Crippen molar-refractivity contribution in [2.75, 3.05) is 0 Å². The lowest BCUT2D eigenvalue weighted by Gasteiger charge is -2.00. The van der Waals surface area contributed by atoms with Gasteiger partial charge in [0.25, 0.3) is 0 Å². The summed E-state index contributed by atoms with van der Waals surface area (Å²) in [5.74, 6) is 0.251. The number of hydrogen-bond donors (Lipinski definition) is 2. The van der Waals surface area contributed by atoms with Crippen molar-refractivity contribution in [2.24, 2.45) is 0 Å². The van der Waals surface area contributed by atoms with E-state index in [1.165, 1.54) is 6.08 Å². The Hall–Kier alpha value is -1.44. The fourth-order valence-corrected chi connectivity index (χ4v) is 0.902. The van der Waals surface area contributed by atoms with Crippen LogP contribution in [0.15, 0.2) is 24.5 Å². The van der Waals surface area contributed by atoms with E-state index in [0.29, 0.717) is 0 Å². The van der Waals surface area contributed by atoms with Crippen molar-refractivity contribution in [3.63, 3.8) is 0 Å². The minimum absolute atomic E-state index is 0.251. The Labute approximate surface area is 65.4 Å². The molecule has 2 N–H and O–H groups in total. The lowest BCUT2D eigenvalue weighted by molar-refractivity contribution is 0.470. The van der Waals surface area contributed by atoms with Crippen LogP contribution in [0.4, 0.5) is 0 Å². The van der Waals surface area contributed by atoms with Crippen molar-refractivity contribution in [3.05, 3.63) is 35.6 Å². The molecule has 0 amide bonds. The Morgan fingerprint density at radius 3 is 2.73 bits per heavy atom. The van der Waals surface area contributed by atoms with Gasteiger partial charge in [0.05, 0.1) is 6.26 Å².